The molecule has 0 fully saturated rings. The Hall–Kier alpha value is 1.53. The minimum Gasteiger partial charge on any atom is -0.785 e. The van der Waals surface area contributed by atoms with Crippen LogP contribution in [0.15, 0.2) is 11.9 Å². The van der Waals surface area contributed by atoms with Crippen LogP contribution in [0.5, 0.6) is 0 Å². The maximum absolute atomic E-state index is 9.95. The molecule has 5 heteroatoms. The van der Waals surface area contributed by atoms with E-state index < -0.39 is 7.52 Å². The van der Waals surface area contributed by atoms with E-state index in [0.29, 0.717) is 0 Å². The second-order valence-corrected chi connectivity index (χ2v) is 2.72. The van der Waals surface area contributed by atoms with Crippen molar-refractivity contribution in [2.45, 2.75) is 6.92 Å². The van der Waals surface area contributed by atoms with Gasteiger partial charge in [-0.1, -0.05) is 6.08 Å². The predicted octanol–water partition coefficient (Wildman–Crippen LogP) is -2.96. The number of hydrogen-bond acceptors (Lipinski definition) is 2. The smallest absolute Gasteiger partial charge is 0.785 e. The monoisotopic (exact) mass is 159 g/mol. The van der Waals surface area contributed by atoms with Gasteiger partial charge in [0, 0.05) is 0 Å². The molecule has 0 spiro atoms. The predicted molar refractivity (Wildman–Crippen MR) is 26.6 cm³/mol. The molecule has 8 heavy (non-hydrogen) atoms. The maximum atomic E-state index is 9.95. The van der Waals surface area contributed by atoms with E-state index in [4.69, 9.17) is 0 Å². The second-order valence-electron chi connectivity index (χ2n) is 1.13. The number of hydrogen-bond donors (Lipinski definition) is 1. The summed E-state index contributed by atoms with van der Waals surface area (Å²) in [5, 5.41) is 0. The molecule has 0 bridgehead atoms. The zero-order chi connectivity index (χ0) is 5.91. The van der Waals surface area contributed by atoms with Gasteiger partial charge in [-0.05, 0) is 12.7 Å². The molecular weight excluding hydrogens is 152 g/mol. The summed E-state index contributed by atoms with van der Waals surface area (Å²) in [6.07, 6.45) is 1.38. The first kappa shape index (κ1) is 12.2. The molecule has 0 saturated carbocycles. The van der Waals surface area contributed by atoms with Crippen LogP contribution in [-0.2, 0) is 4.57 Å². The Balaban J connectivity index is 0. The average Bonchev–Trinajstić information content (AvgIpc) is 1.30. The summed E-state index contributed by atoms with van der Waals surface area (Å²) in [5.74, 6) is 0.965. The normalized spacial score (nSPS) is 17.4. The van der Waals surface area contributed by atoms with Gasteiger partial charge in [0.2, 0.25) is 0 Å². The third-order valence-electron chi connectivity index (χ3n) is 0.357. The number of rotatable bonds is 1. The van der Waals surface area contributed by atoms with E-state index in [2.05, 4.69) is 5.50 Å². The zero-order valence-electron chi connectivity index (χ0n) is 5.00. The maximum Gasteiger partial charge on any atom is 1.00 e. The molecule has 1 atom stereocenters. The molecule has 0 rings (SSSR count). The molecule has 0 aromatic heterocycles. The van der Waals surface area contributed by atoms with Crippen LogP contribution in [0.2, 0.25) is 0 Å². The van der Waals surface area contributed by atoms with Crippen molar-refractivity contribution in [3.63, 3.8) is 0 Å². The number of allylic oxidation sites excluding steroid dienone is 1. The van der Waals surface area contributed by atoms with Gasteiger partial charge in [0.25, 0.3) is 0 Å². The molecule has 0 heterocycles. The van der Waals surface area contributed by atoms with Crippen LogP contribution >= 0.6 is 7.52 Å². The Morgan fingerprint density at radius 2 is 2.12 bits per heavy atom. The van der Waals surface area contributed by atoms with Gasteiger partial charge in [-0.2, -0.15) is 0 Å². The van der Waals surface area contributed by atoms with Crippen LogP contribution < -0.4 is 61.8 Å². The summed E-state index contributed by atoms with van der Waals surface area (Å²) in [6, 6.07) is 0. The average molecular weight is 159 g/mol. The van der Waals surface area contributed by atoms with Crippen LogP contribution in [0.3, 0.4) is 0 Å². The Morgan fingerprint density at radius 1 is 1.75 bits per heavy atom. The summed E-state index contributed by atoms with van der Waals surface area (Å²) in [7, 11) is -3.60. The van der Waals surface area contributed by atoms with Crippen molar-refractivity contribution < 1.29 is 60.8 Å². The summed E-state index contributed by atoms with van der Waals surface area (Å²) >= 11 is 0. The van der Waals surface area contributed by atoms with Crippen LogP contribution in [0.1, 0.15) is 6.92 Å². The first-order valence-electron chi connectivity index (χ1n) is 1.79. The van der Waals surface area contributed by atoms with E-state index in [0.717, 1.165) is 5.82 Å². The summed E-state index contributed by atoms with van der Waals surface area (Å²) < 4.78 is 9.95. The molecule has 0 aromatic rings. The summed E-state index contributed by atoms with van der Waals surface area (Å²) in [6.45, 7) is 1.59. The van der Waals surface area contributed by atoms with Gasteiger partial charge < -0.3 is 9.46 Å². The van der Waals surface area contributed by atoms with Crippen molar-refractivity contribution in [2.24, 2.45) is 5.50 Å². The van der Waals surface area contributed by atoms with Gasteiger partial charge >= 0.3 is 51.4 Å². The van der Waals surface area contributed by atoms with Gasteiger partial charge in [0.15, 0.2) is 0 Å². The van der Waals surface area contributed by atoms with Crippen molar-refractivity contribution in [3.05, 3.63) is 11.9 Å². The zero-order valence-corrected chi connectivity index (χ0v) is 9.01. The van der Waals surface area contributed by atoms with E-state index in [1.165, 1.54) is 6.08 Å². The van der Waals surface area contributed by atoms with Gasteiger partial charge in [-0.25, -0.2) is 0 Å². The molecule has 0 aliphatic heterocycles. The summed E-state index contributed by atoms with van der Waals surface area (Å²) in [5.41, 5.74) is 4.56. The van der Waals surface area contributed by atoms with Gasteiger partial charge in [0.1, 0.15) is 0 Å². The first-order chi connectivity index (χ1) is 3.06. The number of nitrogens with two attached hydrogens (primary N) is 1. The molecule has 0 aliphatic rings. The van der Waals surface area contributed by atoms with E-state index in [9.17, 15) is 9.46 Å². The standard InChI is InChI=1S/C3H8NO2P.K/c1-2-3-7(4,5)6;/h2-3H,1H3,(H3,4,5,6);/q;+1/p-1. The van der Waals surface area contributed by atoms with Gasteiger partial charge in [-0.15, -0.1) is 0 Å². The molecule has 0 aliphatic carbocycles. The van der Waals surface area contributed by atoms with Crippen molar-refractivity contribution >= 4 is 7.52 Å². The Bertz CT molecular complexity index is 118. The molecule has 42 valence electrons. The third-order valence-corrected chi connectivity index (χ3v) is 1.07. The summed E-state index contributed by atoms with van der Waals surface area (Å²) in [4.78, 5) is 9.95. The van der Waals surface area contributed by atoms with E-state index in [1.807, 2.05) is 0 Å². The van der Waals surface area contributed by atoms with Crippen LogP contribution in [-0.4, -0.2) is 0 Å². The van der Waals surface area contributed by atoms with Crippen molar-refractivity contribution in [2.75, 3.05) is 0 Å². The van der Waals surface area contributed by atoms with Gasteiger partial charge in [0.05, 0.1) is 7.52 Å². The van der Waals surface area contributed by atoms with Crippen LogP contribution in [0.25, 0.3) is 0 Å². The molecule has 0 aromatic carbocycles. The molecule has 1 unspecified atom stereocenters. The molecule has 2 N–H and O–H groups in total. The quantitative estimate of drug-likeness (QED) is 0.328. The van der Waals surface area contributed by atoms with E-state index >= 15 is 0 Å². The molecule has 0 amide bonds. The van der Waals surface area contributed by atoms with Crippen LogP contribution in [0, 0.1) is 0 Å². The minimum atomic E-state index is -3.60. The second kappa shape index (κ2) is 5.32. The minimum absolute atomic E-state index is 0. The van der Waals surface area contributed by atoms with Gasteiger partial charge in [-0.3, -0.25) is 5.50 Å². The molecule has 3 nitrogen and oxygen atoms in total. The van der Waals surface area contributed by atoms with Crippen molar-refractivity contribution in [3.8, 4) is 0 Å². The SMILES string of the molecule is CC=CP(N)(=O)[O-].[K+]. The fourth-order valence-electron chi connectivity index (χ4n) is 0.208. The van der Waals surface area contributed by atoms with Crippen molar-refractivity contribution in [1.82, 2.24) is 0 Å². The molecule has 0 saturated heterocycles. The van der Waals surface area contributed by atoms with Crippen molar-refractivity contribution in [1.29, 1.82) is 0 Å². The largest absolute Gasteiger partial charge is 1.00 e. The third kappa shape index (κ3) is 10.5. The Kier molecular flexibility index (Phi) is 8.13. The van der Waals surface area contributed by atoms with E-state index in [-0.39, 0.29) is 51.4 Å². The Morgan fingerprint density at radius 3 is 2.12 bits per heavy atom. The molecule has 0 radical (unpaired) electrons. The topological polar surface area (TPSA) is 66.2 Å². The Labute approximate surface area is 91.3 Å². The fraction of sp³-hybridized carbons (Fsp3) is 0.333. The fourth-order valence-corrected chi connectivity index (χ4v) is 0.623. The molecular formula is C3H7KNO2P. The first-order valence-corrected chi connectivity index (χ1v) is 3.56. The van der Waals surface area contributed by atoms with E-state index in [1.54, 1.807) is 6.92 Å². The van der Waals surface area contributed by atoms with Crippen LogP contribution in [0.4, 0.5) is 0 Å².